The first kappa shape index (κ1) is 26.6. The standard InChI is InChI=1S/C30H31FN6OS/c1-30(2,3)28-24(18-36(4)5)34-29(39-28)35-27(38)16-19-9-10-21(14-22(19)31)25-17-33-26-15-20(11-13-37(25)26)23-8-6-7-12-32-23/h6-15,17H,16,18H2,1-5H3,(H,34,35,38). The van der Waals surface area contributed by atoms with E-state index in [9.17, 15) is 4.79 Å². The molecule has 4 aromatic heterocycles. The molecule has 200 valence electrons. The molecule has 0 unspecified atom stereocenters. The maximum absolute atomic E-state index is 15.2. The van der Waals surface area contributed by atoms with Gasteiger partial charge in [-0.3, -0.25) is 14.2 Å². The molecule has 0 fully saturated rings. The van der Waals surface area contributed by atoms with Crippen LogP contribution in [0.2, 0.25) is 0 Å². The number of fused-ring (bicyclic) bond motifs is 1. The second-order valence-corrected chi connectivity index (χ2v) is 11.8. The number of nitrogens with one attached hydrogen (secondary N) is 1. The molecule has 1 aromatic carbocycles. The molecule has 0 spiro atoms. The van der Waals surface area contributed by atoms with E-state index in [2.05, 4.69) is 45.9 Å². The maximum atomic E-state index is 15.2. The van der Waals surface area contributed by atoms with Gasteiger partial charge in [-0.15, -0.1) is 11.3 Å². The Morgan fingerprint density at radius 3 is 2.59 bits per heavy atom. The van der Waals surface area contributed by atoms with Gasteiger partial charge >= 0.3 is 0 Å². The van der Waals surface area contributed by atoms with E-state index >= 15 is 4.39 Å². The molecule has 0 aliphatic rings. The molecule has 0 saturated heterocycles. The molecule has 0 aliphatic heterocycles. The van der Waals surface area contributed by atoms with E-state index in [1.165, 1.54) is 17.4 Å². The summed E-state index contributed by atoms with van der Waals surface area (Å²) in [7, 11) is 3.98. The van der Waals surface area contributed by atoms with E-state index in [0.717, 1.165) is 33.2 Å². The van der Waals surface area contributed by atoms with Gasteiger partial charge in [0.25, 0.3) is 0 Å². The second-order valence-electron chi connectivity index (χ2n) is 10.8. The lowest BCUT2D eigenvalue weighted by molar-refractivity contribution is -0.115. The van der Waals surface area contributed by atoms with Crippen LogP contribution in [0.5, 0.6) is 0 Å². The van der Waals surface area contributed by atoms with Gasteiger partial charge in [0.15, 0.2) is 5.13 Å². The first-order valence-electron chi connectivity index (χ1n) is 12.7. The van der Waals surface area contributed by atoms with Gasteiger partial charge in [-0.25, -0.2) is 14.4 Å². The molecule has 5 aromatic rings. The zero-order valence-electron chi connectivity index (χ0n) is 22.7. The summed E-state index contributed by atoms with van der Waals surface area (Å²) in [5, 5.41) is 3.41. The molecule has 0 aliphatic carbocycles. The third-order valence-electron chi connectivity index (χ3n) is 6.26. The number of carbonyl (C=O) groups excluding carboxylic acids is 1. The lowest BCUT2D eigenvalue weighted by atomic mass is 9.93. The highest BCUT2D eigenvalue weighted by Crippen LogP contribution is 2.34. The number of anilines is 1. The quantitative estimate of drug-likeness (QED) is 0.265. The third-order valence-corrected chi connectivity index (χ3v) is 7.70. The molecule has 0 saturated carbocycles. The van der Waals surface area contributed by atoms with E-state index in [1.807, 2.05) is 61.1 Å². The Bertz CT molecular complexity index is 1630. The van der Waals surface area contributed by atoms with Crippen molar-refractivity contribution in [2.75, 3.05) is 19.4 Å². The smallest absolute Gasteiger partial charge is 0.230 e. The Morgan fingerprint density at radius 1 is 1.08 bits per heavy atom. The summed E-state index contributed by atoms with van der Waals surface area (Å²) >= 11 is 1.48. The van der Waals surface area contributed by atoms with Crippen LogP contribution >= 0.6 is 11.3 Å². The van der Waals surface area contributed by atoms with Crippen molar-refractivity contribution in [2.24, 2.45) is 0 Å². The van der Waals surface area contributed by atoms with Crippen LogP contribution in [0.25, 0.3) is 28.2 Å². The maximum Gasteiger partial charge on any atom is 0.230 e. The molecule has 39 heavy (non-hydrogen) atoms. The minimum atomic E-state index is -0.439. The van der Waals surface area contributed by atoms with E-state index in [-0.39, 0.29) is 17.7 Å². The molecule has 1 N–H and O–H groups in total. The normalized spacial score (nSPS) is 11.9. The monoisotopic (exact) mass is 542 g/mol. The van der Waals surface area contributed by atoms with Crippen LogP contribution in [0.15, 0.2) is 67.1 Å². The molecule has 0 bridgehead atoms. The number of pyridine rings is 2. The Kier molecular flexibility index (Phi) is 7.29. The van der Waals surface area contributed by atoms with Crippen molar-refractivity contribution in [3.8, 4) is 22.5 Å². The lowest BCUT2D eigenvalue weighted by Gasteiger charge is -2.19. The first-order chi connectivity index (χ1) is 18.6. The van der Waals surface area contributed by atoms with Crippen molar-refractivity contribution >= 4 is 28.0 Å². The Balaban J connectivity index is 1.32. The first-order valence-corrected chi connectivity index (χ1v) is 13.5. The minimum Gasteiger partial charge on any atom is -0.304 e. The number of nitrogens with zero attached hydrogens (tertiary/aromatic N) is 5. The van der Waals surface area contributed by atoms with Gasteiger partial charge in [0.05, 0.1) is 29.7 Å². The Morgan fingerprint density at radius 2 is 1.90 bits per heavy atom. The van der Waals surface area contributed by atoms with Gasteiger partial charge in [0, 0.05) is 34.9 Å². The summed E-state index contributed by atoms with van der Waals surface area (Å²) in [6.45, 7) is 7.07. The van der Waals surface area contributed by atoms with Crippen molar-refractivity contribution < 1.29 is 9.18 Å². The number of rotatable bonds is 7. The molecule has 5 rings (SSSR count). The van der Waals surface area contributed by atoms with Gasteiger partial charge in [0.1, 0.15) is 11.5 Å². The topological polar surface area (TPSA) is 75.4 Å². The van der Waals surface area contributed by atoms with Crippen LogP contribution in [-0.4, -0.2) is 44.3 Å². The second kappa shape index (κ2) is 10.7. The van der Waals surface area contributed by atoms with Gasteiger partial charge in [-0.05, 0) is 55.4 Å². The molecular weight excluding hydrogens is 511 g/mol. The fourth-order valence-electron chi connectivity index (χ4n) is 4.47. The predicted molar refractivity (Wildman–Crippen MR) is 154 cm³/mol. The number of benzene rings is 1. The summed E-state index contributed by atoms with van der Waals surface area (Å²) in [5.41, 5.74) is 5.18. The molecule has 4 heterocycles. The number of amides is 1. The largest absolute Gasteiger partial charge is 0.304 e. The molecular formula is C30H31FN6OS. The molecule has 0 radical (unpaired) electrons. The van der Waals surface area contributed by atoms with Gasteiger partial charge < -0.3 is 10.2 Å². The number of thiazole rings is 1. The molecule has 1 amide bonds. The van der Waals surface area contributed by atoms with Crippen molar-refractivity contribution in [3.05, 3.63) is 89.1 Å². The number of halogens is 1. The number of aromatic nitrogens is 4. The predicted octanol–water partition coefficient (Wildman–Crippen LogP) is 6.20. The zero-order chi connectivity index (χ0) is 27.7. The Hall–Kier alpha value is -3.95. The number of hydrogen-bond donors (Lipinski definition) is 1. The average Bonchev–Trinajstić information content (AvgIpc) is 3.49. The van der Waals surface area contributed by atoms with E-state index in [0.29, 0.717) is 22.8 Å². The van der Waals surface area contributed by atoms with Crippen LogP contribution < -0.4 is 5.32 Å². The average molecular weight is 543 g/mol. The lowest BCUT2D eigenvalue weighted by Crippen LogP contribution is -2.17. The fraction of sp³-hybridized carbons (Fsp3) is 0.267. The van der Waals surface area contributed by atoms with Gasteiger partial charge in [0.2, 0.25) is 5.91 Å². The van der Waals surface area contributed by atoms with Crippen molar-refractivity contribution in [1.82, 2.24) is 24.3 Å². The number of hydrogen-bond acceptors (Lipinski definition) is 6. The molecule has 9 heteroatoms. The minimum absolute atomic E-state index is 0.0832. The zero-order valence-corrected chi connectivity index (χ0v) is 23.5. The van der Waals surface area contributed by atoms with Gasteiger partial charge in [-0.2, -0.15) is 0 Å². The highest BCUT2D eigenvalue weighted by atomic mass is 32.1. The fourth-order valence-corrected chi connectivity index (χ4v) is 5.52. The summed E-state index contributed by atoms with van der Waals surface area (Å²) in [6, 6.07) is 14.6. The summed E-state index contributed by atoms with van der Waals surface area (Å²) < 4.78 is 17.1. The highest BCUT2D eigenvalue weighted by molar-refractivity contribution is 7.16. The molecule has 7 nitrogen and oxygen atoms in total. The van der Waals surface area contributed by atoms with E-state index < -0.39 is 5.82 Å². The summed E-state index contributed by atoms with van der Waals surface area (Å²) in [6.07, 6.45) is 5.30. The third kappa shape index (κ3) is 5.89. The number of imidazole rings is 1. The Labute approximate surface area is 231 Å². The van der Waals surface area contributed by atoms with Crippen molar-refractivity contribution in [2.45, 2.75) is 39.2 Å². The molecule has 0 atom stereocenters. The van der Waals surface area contributed by atoms with Crippen LogP contribution in [0.4, 0.5) is 9.52 Å². The summed E-state index contributed by atoms with van der Waals surface area (Å²) in [4.78, 5) is 29.6. The van der Waals surface area contributed by atoms with E-state index in [4.69, 9.17) is 0 Å². The van der Waals surface area contributed by atoms with Crippen LogP contribution in [0.3, 0.4) is 0 Å². The van der Waals surface area contributed by atoms with Gasteiger partial charge in [-0.1, -0.05) is 39.0 Å². The van der Waals surface area contributed by atoms with Crippen molar-refractivity contribution in [3.63, 3.8) is 0 Å². The van der Waals surface area contributed by atoms with Crippen LogP contribution in [0.1, 0.15) is 36.9 Å². The van der Waals surface area contributed by atoms with Crippen molar-refractivity contribution in [1.29, 1.82) is 0 Å². The highest BCUT2D eigenvalue weighted by Gasteiger charge is 2.24. The van der Waals surface area contributed by atoms with E-state index in [1.54, 1.807) is 18.5 Å². The van der Waals surface area contributed by atoms with Crippen LogP contribution in [0, 0.1) is 5.82 Å². The SMILES string of the molecule is CN(C)Cc1nc(NC(=O)Cc2ccc(-c3cnc4cc(-c5ccccn5)ccn34)cc2F)sc1C(C)(C)C. The van der Waals surface area contributed by atoms with Crippen LogP contribution in [-0.2, 0) is 23.2 Å². The number of carbonyl (C=O) groups is 1. The summed E-state index contributed by atoms with van der Waals surface area (Å²) in [5.74, 6) is -0.741.